The molecule has 0 aliphatic carbocycles. The summed E-state index contributed by atoms with van der Waals surface area (Å²) in [5.41, 5.74) is 1.79. The maximum atomic E-state index is 12.9. The van der Waals surface area contributed by atoms with Gasteiger partial charge in [-0.1, -0.05) is 41.0 Å². The molecule has 1 N–H and O–H groups in total. The molecule has 9 heteroatoms. The van der Waals surface area contributed by atoms with E-state index in [4.69, 9.17) is 20.9 Å². The van der Waals surface area contributed by atoms with E-state index in [0.29, 0.717) is 22.0 Å². The highest BCUT2D eigenvalue weighted by Gasteiger charge is 2.30. The van der Waals surface area contributed by atoms with Crippen LogP contribution in [0.25, 0.3) is 11.4 Å². The standard InChI is InChI=1S/C20H17ClN4O4/c1-12-10-17(26)22-15-8-4-5-9-16(15)25(12)18(27)11-28-20-23-19(24-29-20)13-6-2-3-7-14(13)21/h2-9,12H,10-11H2,1H3,(H,22,26). The molecule has 0 saturated carbocycles. The highest BCUT2D eigenvalue weighted by Crippen LogP contribution is 2.31. The molecule has 148 valence electrons. The number of anilines is 2. The number of nitrogens with zero attached hydrogens (tertiary/aromatic N) is 3. The van der Waals surface area contributed by atoms with E-state index in [-0.39, 0.29) is 42.8 Å². The summed E-state index contributed by atoms with van der Waals surface area (Å²) in [5.74, 6) is -0.220. The Bertz CT molecular complexity index is 1070. The molecule has 0 spiro atoms. The van der Waals surface area contributed by atoms with Crippen molar-refractivity contribution in [1.29, 1.82) is 0 Å². The summed E-state index contributed by atoms with van der Waals surface area (Å²) >= 11 is 6.13. The molecule has 2 amide bonds. The summed E-state index contributed by atoms with van der Waals surface area (Å²) in [4.78, 5) is 30.6. The molecule has 0 radical (unpaired) electrons. The molecule has 2 heterocycles. The van der Waals surface area contributed by atoms with Gasteiger partial charge in [0.05, 0.1) is 16.4 Å². The van der Waals surface area contributed by atoms with E-state index in [1.807, 2.05) is 6.92 Å². The molecule has 0 fully saturated rings. The average Bonchev–Trinajstić information content (AvgIpc) is 3.12. The van der Waals surface area contributed by atoms with Crippen LogP contribution in [-0.4, -0.2) is 34.6 Å². The van der Waals surface area contributed by atoms with E-state index in [2.05, 4.69) is 15.5 Å². The molecule has 0 saturated heterocycles. The van der Waals surface area contributed by atoms with Crippen molar-refractivity contribution in [3.05, 3.63) is 53.6 Å². The van der Waals surface area contributed by atoms with E-state index in [0.717, 1.165) is 0 Å². The molecular weight excluding hydrogens is 396 g/mol. The zero-order valence-corrected chi connectivity index (χ0v) is 16.2. The average molecular weight is 413 g/mol. The number of ether oxygens (including phenoxy) is 1. The third kappa shape index (κ3) is 3.93. The Hall–Kier alpha value is -3.39. The van der Waals surface area contributed by atoms with Gasteiger partial charge in [-0.05, 0) is 31.2 Å². The van der Waals surface area contributed by atoms with Crippen LogP contribution in [0.2, 0.25) is 5.02 Å². The Morgan fingerprint density at radius 2 is 2.03 bits per heavy atom. The van der Waals surface area contributed by atoms with Crippen LogP contribution in [0.3, 0.4) is 0 Å². The Kier molecular flexibility index (Phi) is 5.18. The molecule has 1 aliphatic rings. The number of rotatable bonds is 4. The van der Waals surface area contributed by atoms with Gasteiger partial charge in [0.2, 0.25) is 11.7 Å². The quantitative estimate of drug-likeness (QED) is 0.704. The molecule has 0 bridgehead atoms. The molecule has 1 atom stereocenters. The molecule has 1 unspecified atom stereocenters. The van der Waals surface area contributed by atoms with Crippen molar-refractivity contribution in [2.45, 2.75) is 19.4 Å². The molecule has 1 aliphatic heterocycles. The first kappa shape index (κ1) is 18.9. The molecule has 3 aromatic rings. The number of benzene rings is 2. The number of hydrogen-bond donors (Lipinski definition) is 1. The maximum Gasteiger partial charge on any atom is 0.418 e. The third-order valence-corrected chi connectivity index (χ3v) is 4.80. The zero-order chi connectivity index (χ0) is 20.4. The molecule has 8 nitrogen and oxygen atoms in total. The fourth-order valence-electron chi connectivity index (χ4n) is 3.18. The van der Waals surface area contributed by atoms with Gasteiger partial charge >= 0.3 is 6.08 Å². The predicted molar refractivity (Wildman–Crippen MR) is 107 cm³/mol. The molecule has 2 aromatic carbocycles. The van der Waals surface area contributed by atoms with Crippen molar-refractivity contribution < 1.29 is 18.8 Å². The van der Waals surface area contributed by atoms with E-state index >= 15 is 0 Å². The van der Waals surface area contributed by atoms with Gasteiger partial charge in [0.25, 0.3) is 5.91 Å². The minimum Gasteiger partial charge on any atom is -0.439 e. The lowest BCUT2D eigenvalue weighted by Gasteiger charge is -2.27. The monoisotopic (exact) mass is 412 g/mol. The summed E-state index contributed by atoms with van der Waals surface area (Å²) in [5, 5.41) is 7.12. The lowest BCUT2D eigenvalue weighted by Crippen LogP contribution is -2.41. The largest absolute Gasteiger partial charge is 0.439 e. The van der Waals surface area contributed by atoms with Gasteiger partial charge in [0.1, 0.15) is 0 Å². The zero-order valence-electron chi connectivity index (χ0n) is 15.5. The topological polar surface area (TPSA) is 97.6 Å². The first-order valence-electron chi connectivity index (χ1n) is 8.95. The highest BCUT2D eigenvalue weighted by molar-refractivity contribution is 6.33. The van der Waals surface area contributed by atoms with Crippen molar-refractivity contribution >= 4 is 34.8 Å². The molecule has 4 rings (SSSR count). The number of aromatic nitrogens is 2. The predicted octanol–water partition coefficient (Wildman–Crippen LogP) is 3.53. The first-order chi connectivity index (χ1) is 14.0. The van der Waals surface area contributed by atoms with Gasteiger partial charge in [-0.3, -0.25) is 14.1 Å². The Morgan fingerprint density at radius 1 is 1.28 bits per heavy atom. The number of carbonyl (C=O) groups is 2. The lowest BCUT2D eigenvalue weighted by molar-refractivity contribution is -0.121. The van der Waals surface area contributed by atoms with Gasteiger partial charge in [-0.25, -0.2) is 0 Å². The smallest absolute Gasteiger partial charge is 0.418 e. The van der Waals surface area contributed by atoms with E-state index in [1.54, 1.807) is 53.4 Å². The summed E-state index contributed by atoms with van der Waals surface area (Å²) < 4.78 is 10.5. The van der Waals surface area contributed by atoms with Gasteiger partial charge < -0.3 is 15.0 Å². The first-order valence-corrected chi connectivity index (χ1v) is 9.33. The second-order valence-corrected chi connectivity index (χ2v) is 6.94. The van der Waals surface area contributed by atoms with Gasteiger partial charge in [-0.15, -0.1) is 0 Å². The molecular formula is C20H17ClN4O4. The number of fused-ring (bicyclic) bond motifs is 1. The van der Waals surface area contributed by atoms with Gasteiger partial charge in [0.15, 0.2) is 6.61 Å². The number of hydrogen-bond acceptors (Lipinski definition) is 6. The lowest BCUT2D eigenvalue weighted by atomic mass is 10.1. The summed E-state index contributed by atoms with van der Waals surface area (Å²) in [6.45, 7) is 1.48. The number of carbonyl (C=O) groups excluding carboxylic acids is 2. The van der Waals surface area contributed by atoms with Crippen molar-refractivity contribution in [2.24, 2.45) is 0 Å². The minimum absolute atomic E-state index is 0.141. The Balaban J connectivity index is 1.50. The van der Waals surface area contributed by atoms with Crippen LogP contribution in [0.4, 0.5) is 11.4 Å². The second kappa shape index (κ2) is 7.92. The highest BCUT2D eigenvalue weighted by atomic mass is 35.5. The number of halogens is 1. The number of para-hydroxylation sites is 2. The molecule has 29 heavy (non-hydrogen) atoms. The van der Waals surface area contributed by atoms with Gasteiger partial charge in [0, 0.05) is 18.0 Å². The van der Waals surface area contributed by atoms with E-state index < -0.39 is 0 Å². The van der Waals surface area contributed by atoms with Crippen molar-refractivity contribution in [3.8, 4) is 17.5 Å². The minimum atomic E-state index is -0.337. The number of amides is 2. The fraction of sp³-hybridized carbons (Fsp3) is 0.200. The van der Waals surface area contributed by atoms with Crippen LogP contribution in [0.15, 0.2) is 53.1 Å². The Morgan fingerprint density at radius 3 is 2.86 bits per heavy atom. The van der Waals surface area contributed by atoms with Crippen LogP contribution in [0.1, 0.15) is 13.3 Å². The SMILES string of the molecule is CC1CC(=O)Nc2ccccc2N1C(=O)COc1nc(-c2ccccc2Cl)no1. The summed E-state index contributed by atoms with van der Waals surface area (Å²) in [6.07, 6.45) is 0.0377. The Labute approximate surface area is 171 Å². The van der Waals surface area contributed by atoms with E-state index in [9.17, 15) is 9.59 Å². The fourth-order valence-corrected chi connectivity index (χ4v) is 3.40. The van der Waals surface area contributed by atoms with Crippen LogP contribution in [0.5, 0.6) is 6.08 Å². The maximum absolute atomic E-state index is 12.9. The normalized spacial score (nSPS) is 16.0. The van der Waals surface area contributed by atoms with Gasteiger partial charge in [-0.2, -0.15) is 4.98 Å². The summed E-state index contributed by atoms with van der Waals surface area (Å²) in [7, 11) is 0. The molecule has 1 aromatic heterocycles. The van der Waals surface area contributed by atoms with Crippen LogP contribution >= 0.6 is 11.6 Å². The van der Waals surface area contributed by atoms with Crippen molar-refractivity contribution in [1.82, 2.24) is 10.1 Å². The number of nitrogens with one attached hydrogen (secondary N) is 1. The second-order valence-electron chi connectivity index (χ2n) is 6.53. The van der Waals surface area contributed by atoms with Crippen LogP contribution in [0, 0.1) is 0 Å². The van der Waals surface area contributed by atoms with Crippen LogP contribution in [-0.2, 0) is 9.59 Å². The van der Waals surface area contributed by atoms with Crippen molar-refractivity contribution in [2.75, 3.05) is 16.8 Å². The summed E-state index contributed by atoms with van der Waals surface area (Å²) in [6, 6.07) is 13.8. The third-order valence-electron chi connectivity index (χ3n) is 4.47. The van der Waals surface area contributed by atoms with E-state index in [1.165, 1.54) is 0 Å². The van der Waals surface area contributed by atoms with Crippen LogP contribution < -0.4 is 15.0 Å². The van der Waals surface area contributed by atoms with Crippen molar-refractivity contribution in [3.63, 3.8) is 0 Å².